The van der Waals surface area contributed by atoms with Crippen LogP contribution in [0.15, 0.2) is 0 Å². The van der Waals surface area contributed by atoms with Gasteiger partial charge in [-0.25, -0.2) is 9.78 Å². The highest BCUT2D eigenvalue weighted by Crippen LogP contribution is 2.31. The quantitative estimate of drug-likeness (QED) is 0.799. The molecule has 21 heavy (non-hydrogen) atoms. The smallest absolute Gasteiger partial charge is 0.347 e. The molecule has 0 unspecified atom stereocenters. The van der Waals surface area contributed by atoms with E-state index in [2.05, 4.69) is 28.6 Å². The van der Waals surface area contributed by atoms with Gasteiger partial charge in [-0.2, -0.15) is 0 Å². The summed E-state index contributed by atoms with van der Waals surface area (Å²) in [7, 11) is 4.08. The molecule has 0 aliphatic carbocycles. The predicted octanol–water partition coefficient (Wildman–Crippen LogP) is 2.99. The van der Waals surface area contributed by atoms with Crippen molar-refractivity contribution in [3.8, 4) is 0 Å². The maximum absolute atomic E-state index is 11.4. The van der Waals surface area contributed by atoms with E-state index < -0.39 is 5.97 Å². The van der Waals surface area contributed by atoms with E-state index in [-0.39, 0.29) is 5.92 Å². The summed E-state index contributed by atoms with van der Waals surface area (Å²) in [5, 5.41) is 10.2. The van der Waals surface area contributed by atoms with E-state index in [1.807, 2.05) is 27.9 Å². The van der Waals surface area contributed by atoms with Gasteiger partial charge in [-0.15, -0.1) is 0 Å². The van der Waals surface area contributed by atoms with Crippen molar-refractivity contribution < 1.29 is 9.90 Å². The van der Waals surface area contributed by atoms with Crippen LogP contribution in [0.1, 0.15) is 49.0 Å². The highest BCUT2D eigenvalue weighted by Gasteiger charge is 2.22. The van der Waals surface area contributed by atoms with Crippen LogP contribution in [0.25, 0.3) is 0 Å². The van der Waals surface area contributed by atoms with E-state index in [4.69, 9.17) is 0 Å². The Labute approximate surface area is 131 Å². The Bertz CT molecular complexity index is 469. The highest BCUT2D eigenvalue weighted by atomic mass is 32.1. The Morgan fingerprint density at radius 1 is 1.24 bits per heavy atom. The van der Waals surface area contributed by atoms with Crippen molar-refractivity contribution in [3.63, 3.8) is 0 Å². The van der Waals surface area contributed by atoms with Crippen molar-refractivity contribution in [1.29, 1.82) is 0 Å². The lowest BCUT2D eigenvalue weighted by Gasteiger charge is -2.25. The maximum Gasteiger partial charge on any atom is 0.347 e. The largest absolute Gasteiger partial charge is 0.477 e. The molecule has 0 aliphatic heterocycles. The summed E-state index contributed by atoms with van der Waals surface area (Å²) in [4.78, 5) is 20.7. The van der Waals surface area contributed by atoms with Crippen molar-refractivity contribution in [3.05, 3.63) is 10.6 Å². The van der Waals surface area contributed by atoms with Gasteiger partial charge in [0, 0.05) is 19.6 Å². The molecule has 0 radical (unpaired) electrons. The van der Waals surface area contributed by atoms with Gasteiger partial charge in [0.1, 0.15) is 4.88 Å². The van der Waals surface area contributed by atoms with Crippen molar-refractivity contribution in [2.75, 3.05) is 38.6 Å². The van der Waals surface area contributed by atoms with Gasteiger partial charge in [0.2, 0.25) is 0 Å². The second-order valence-corrected chi connectivity index (χ2v) is 7.29. The third-order valence-electron chi connectivity index (χ3n) is 3.06. The monoisotopic (exact) mass is 313 g/mol. The zero-order valence-electron chi connectivity index (χ0n) is 13.9. The standard InChI is InChI=1S/C15H27N3O2S/c1-10(2)9-18(8-7-17(5)6)15-16-12(11(3)4)13(21-15)14(19)20/h10-11H,7-9H2,1-6H3,(H,19,20). The fraction of sp³-hybridized carbons (Fsp3) is 0.733. The van der Waals surface area contributed by atoms with Crippen LogP contribution in [-0.2, 0) is 0 Å². The number of rotatable bonds is 8. The maximum atomic E-state index is 11.4. The Balaban J connectivity index is 3.06. The van der Waals surface area contributed by atoms with Crippen molar-refractivity contribution in [2.24, 2.45) is 5.92 Å². The molecule has 0 spiro atoms. The third kappa shape index (κ3) is 5.28. The number of thiazole rings is 1. The van der Waals surface area contributed by atoms with Gasteiger partial charge in [-0.05, 0) is 25.9 Å². The molecule has 0 atom stereocenters. The van der Waals surface area contributed by atoms with E-state index in [1.165, 1.54) is 11.3 Å². The Morgan fingerprint density at radius 2 is 1.86 bits per heavy atom. The molecule has 0 bridgehead atoms. The normalized spacial score (nSPS) is 11.7. The number of aromatic carboxylic acids is 1. The van der Waals surface area contributed by atoms with Gasteiger partial charge >= 0.3 is 5.97 Å². The van der Waals surface area contributed by atoms with E-state index in [1.54, 1.807) is 0 Å². The molecule has 1 heterocycles. The average molecular weight is 313 g/mol. The van der Waals surface area contributed by atoms with Crippen molar-refractivity contribution >= 4 is 22.4 Å². The average Bonchev–Trinajstić information content (AvgIpc) is 2.78. The summed E-state index contributed by atoms with van der Waals surface area (Å²) in [6.45, 7) is 11.0. The summed E-state index contributed by atoms with van der Waals surface area (Å²) in [6, 6.07) is 0. The second kappa shape index (κ2) is 7.75. The SMILES string of the molecule is CC(C)CN(CCN(C)C)c1nc(C(C)C)c(C(=O)O)s1. The van der Waals surface area contributed by atoms with E-state index in [9.17, 15) is 9.90 Å². The minimum atomic E-state index is -0.875. The first kappa shape index (κ1) is 17.9. The number of carboxylic acid groups (broad SMARTS) is 1. The van der Waals surface area contributed by atoms with Gasteiger partial charge in [-0.3, -0.25) is 0 Å². The van der Waals surface area contributed by atoms with Crippen LogP contribution in [0, 0.1) is 5.92 Å². The number of likely N-dealkylation sites (N-methyl/N-ethyl adjacent to an activating group) is 1. The predicted molar refractivity (Wildman–Crippen MR) is 88.8 cm³/mol. The first-order chi connectivity index (χ1) is 9.72. The second-order valence-electron chi connectivity index (χ2n) is 6.31. The molecule has 0 saturated heterocycles. The molecule has 1 rings (SSSR count). The minimum Gasteiger partial charge on any atom is -0.477 e. The fourth-order valence-corrected chi connectivity index (χ4v) is 3.12. The van der Waals surface area contributed by atoms with Crippen LogP contribution in [0.4, 0.5) is 5.13 Å². The number of carboxylic acids is 1. The number of hydrogen-bond donors (Lipinski definition) is 1. The first-order valence-electron chi connectivity index (χ1n) is 7.36. The van der Waals surface area contributed by atoms with Crippen LogP contribution < -0.4 is 4.90 Å². The number of aromatic nitrogens is 1. The van der Waals surface area contributed by atoms with Gasteiger partial charge < -0.3 is 14.9 Å². The van der Waals surface area contributed by atoms with Crippen molar-refractivity contribution in [2.45, 2.75) is 33.6 Å². The molecule has 1 aromatic rings. The number of hydrogen-bond acceptors (Lipinski definition) is 5. The molecule has 5 nitrogen and oxygen atoms in total. The molecule has 0 aliphatic rings. The number of nitrogens with zero attached hydrogens (tertiary/aromatic N) is 3. The van der Waals surface area contributed by atoms with Gasteiger partial charge in [-0.1, -0.05) is 39.0 Å². The van der Waals surface area contributed by atoms with E-state index in [0.29, 0.717) is 16.5 Å². The topological polar surface area (TPSA) is 56.7 Å². The lowest BCUT2D eigenvalue weighted by Crippen LogP contribution is -2.34. The van der Waals surface area contributed by atoms with Gasteiger partial charge in [0.05, 0.1) is 5.69 Å². The Kier molecular flexibility index (Phi) is 6.61. The molecule has 6 heteroatoms. The molecule has 0 saturated carbocycles. The zero-order chi connectivity index (χ0) is 16.2. The molecule has 0 aromatic carbocycles. The summed E-state index contributed by atoms with van der Waals surface area (Å²) >= 11 is 1.29. The summed E-state index contributed by atoms with van der Waals surface area (Å²) in [5.74, 6) is -0.248. The molecule has 120 valence electrons. The van der Waals surface area contributed by atoms with E-state index in [0.717, 1.165) is 24.8 Å². The minimum absolute atomic E-state index is 0.121. The van der Waals surface area contributed by atoms with Gasteiger partial charge in [0.25, 0.3) is 0 Å². The highest BCUT2D eigenvalue weighted by molar-refractivity contribution is 7.17. The number of carbonyl (C=O) groups is 1. The first-order valence-corrected chi connectivity index (χ1v) is 8.17. The summed E-state index contributed by atoms with van der Waals surface area (Å²) in [6.07, 6.45) is 0. The molecule has 1 aromatic heterocycles. The van der Waals surface area contributed by atoms with Gasteiger partial charge in [0.15, 0.2) is 5.13 Å². The van der Waals surface area contributed by atoms with Crippen LogP contribution in [0.5, 0.6) is 0 Å². The van der Waals surface area contributed by atoms with Crippen molar-refractivity contribution in [1.82, 2.24) is 9.88 Å². The third-order valence-corrected chi connectivity index (χ3v) is 4.18. The van der Waals surface area contributed by atoms with Crippen LogP contribution in [-0.4, -0.2) is 54.7 Å². The summed E-state index contributed by atoms with van der Waals surface area (Å²) in [5.41, 5.74) is 0.695. The fourth-order valence-electron chi connectivity index (χ4n) is 2.03. The zero-order valence-corrected chi connectivity index (χ0v) is 14.7. The van der Waals surface area contributed by atoms with Crippen LogP contribution in [0.2, 0.25) is 0 Å². The summed E-state index contributed by atoms with van der Waals surface area (Å²) < 4.78 is 0. The Morgan fingerprint density at radius 3 is 2.24 bits per heavy atom. The molecule has 1 N–H and O–H groups in total. The lowest BCUT2D eigenvalue weighted by atomic mass is 10.1. The molecular formula is C15H27N3O2S. The molecule has 0 fully saturated rings. The Hall–Kier alpha value is -1.14. The lowest BCUT2D eigenvalue weighted by molar-refractivity contribution is 0.0700. The number of anilines is 1. The van der Waals surface area contributed by atoms with E-state index >= 15 is 0 Å². The molecular weight excluding hydrogens is 286 g/mol. The molecule has 0 amide bonds. The van der Waals surface area contributed by atoms with Crippen LogP contribution >= 0.6 is 11.3 Å². The van der Waals surface area contributed by atoms with Crippen LogP contribution in [0.3, 0.4) is 0 Å².